The number of hydrogen-bond donors (Lipinski definition) is 1. The van der Waals surface area contributed by atoms with Crippen LogP contribution in [-0.4, -0.2) is 36.9 Å². The minimum atomic E-state index is -4.14. The van der Waals surface area contributed by atoms with E-state index in [4.69, 9.17) is 0 Å². The van der Waals surface area contributed by atoms with E-state index in [0.29, 0.717) is 17.2 Å². The number of rotatable bonds is 7. The highest BCUT2D eigenvalue weighted by Crippen LogP contribution is 2.41. The fourth-order valence-electron chi connectivity index (χ4n) is 3.20. The van der Waals surface area contributed by atoms with Crippen molar-refractivity contribution in [3.8, 4) is 11.8 Å². The Morgan fingerprint density at radius 1 is 1.11 bits per heavy atom. The lowest BCUT2D eigenvalue weighted by molar-refractivity contribution is -0.155. The number of tetrazole rings is 1. The lowest BCUT2D eigenvalue weighted by Gasteiger charge is -2.36. The van der Waals surface area contributed by atoms with E-state index in [0.717, 1.165) is 36.3 Å². The number of aliphatic imine (C=N–C) groups is 1. The summed E-state index contributed by atoms with van der Waals surface area (Å²) in [7, 11) is 0. The smallest absolute Gasteiger partial charge is 0.319 e. The number of nitrogens with zero attached hydrogens (tertiary/aromatic N) is 5. The van der Waals surface area contributed by atoms with Crippen molar-refractivity contribution in [3.05, 3.63) is 89.1 Å². The molecule has 0 fully saturated rings. The molecule has 6 nitrogen and oxygen atoms in total. The normalized spacial score (nSPS) is 14.3. The molecule has 0 aliphatic carbocycles. The van der Waals surface area contributed by atoms with Gasteiger partial charge in [-0.25, -0.2) is 17.9 Å². The van der Waals surface area contributed by atoms with E-state index in [-0.39, 0.29) is 6.42 Å². The Morgan fingerprint density at radius 3 is 2.51 bits per heavy atom. The molecule has 1 unspecified atom stereocenters. The van der Waals surface area contributed by atoms with Crippen molar-refractivity contribution in [1.29, 1.82) is 0 Å². The van der Waals surface area contributed by atoms with Gasteiger partial charge in [-0.1, -0.05) is 24.0 Å². The molecule has 1 heterocycles. The van der Waals surface area contributed by atoms with Crippen molar-refractivity contribution < 1.29 is 27.1 Å². The van der Waals surface area contributed by atoms with E-state index < -0.39 is 46.8 Å². The minimum absolute atomic E-state index is 0.233. The van der Waals surface area contributed by atoms with Gasteiger partial charge in [0.1, 0.15) is 23.8 Å². The number of hydrogen-bond acceptors (Lipinski definition) is 5. The van der Waals surface area contributed by atoms with Crippen LogP contribution in [0.25, 0.3) is 0 Å². The Kier molecular flexibility index (Phi) is 7.76. The number of alkyl halides is 2. The third-order valence-corrected chi connectivity index (χ3v) is 5.05. The molecule has 1 aromatic heterocycles. The second kappa shape index (κ2) is 10.6. The van der Waals surface area contributed by atoms with Gasteiger partial charge in [0, 0.05) is 29.8 Å². The van der Waals surface area contributed by atoms with Gasteiger partial charge in [-0.2, -0.15) is 8.78 Å². The summed E-state index contributed by atoms with van der Waals surface area (Å²) >= 11 is 0. The van der Waals surface area contributed by atoms with Gasteiger partial charge < -0.3 is 5.11 Å². The van der Waals surface area contributed by atoms with E-state index in [1.807, 2.05) is 0 Å². The maximum absolute atomic E-state index is 15.6. The molecule has 1 N–H and O–H groups in total. The Bertz CT molecular complexity index is 1310. The Hall–Kier alpha value is -3.91. The molecule has 0 saturated heterocycles. The van der Waals surface area contributed by atoms with Crippen LogP contribution in [-0.2, 0) is 18.6 Å². The lowest BCUT2D eigenvalue weighted by Crippen LogP contribution is -2.53. The monoisotopic (exact) mass is 489 g/mol. The van der Waals surface area contributed by atoms with Crippen LogP contribution in [0.4, 0.5) is 22.0 Å². The lowest BCUT2D eigenvalue weighted by atomic mass is 9.84. The summed E-state index contributed by atoms with van der Waals surface area (Å²) in [5.41, 5.74) is -3.97. The van der Waals surface area contributed by atoms with Crippen LogP contribution in [0.2, 0.25) is 0 Å². The van der Waals surface area contributed by atoms with Gasteiger partial charge in [0.05, 0.1) is 12.3 Å². The van der Waals surface area contributed by atoms with Crippen LogP contribution >= 0.6 is 0 Å². The molecule has 0 radical (unpaired) electrons. The molecule has 0 aliphatic rings. The summed E-state index contributed by atoms with van der Waals surface area (Å²) in [6.45, 7) is 1.54. The van der Waals surface area contributed by atoms with Crippen molar-refractivity contribution in [3.63, 3.8) is 0 Å². The minimum Gasteiger partial charge on any atom is -0.377 e. The molecule has 0 spiro atoms. The van der Waals surface area contributed by atoms with E-state index in [1.54, 1.807) is 12.1 Å². The van der Waals surface area contributed by atoms with Crippen molar-refractivity contribution in [2.75, 3.05) is 0 Å². The maximum atomic E-state index is 15.6. The van der Waals surface area contributed by atoms with Gasteiger partial charge in [-0.15, -0.1) is 5.10 Å². The van der Waals surface area contributed by atoms with Crippen LogP contribution in [0.15, 0.2) is 65.6 Å². The molecule has 3 rings (SSSR count). The van der Waals surface area contributed by atoms with E-state index in [1.165, 1.54) is 19.1 Å². The maximum Gasteiger partial charge on any atom is 0.319 e. The molecule has 2 aromatic carbocycles. The molecule has 0 amide bonds. The zero-order chi connectivity index (χ0) is 25.6. The fourth-order valence-corrected chi connectivity index (χ4v) is 3.20. The number of aliphatic hydroxyl groups is 1. The van der Waals surface area contributed by atoms with Gasteiger partial charge in [-0.05, 0) is 54.1 Å². The molecule has 3 aromatic rings. The highest BCUT2D eigenvalue weighted by atomic mass is 19.3. The van der Waals surface area contributed by atoms with Gasteiger partial charge in [-0.3, -0.25) is 4.99 Å². The van der Waals surface area contributed by atoms with Crippen molar-refractivity contribution in [2.45, 2.75) is 38.3 Å². The molecule has 35 heavy (non-hydrogen) atoms. The molecule has 0 aliphatic heterocycles. The first-order valence-electron chi connectivity index (χ1n) is 10.2. The summed E-state index contributed by atoms with van der Waals surface area (Å²) in [5, 5.41) is 21.2. The first-order chi connectivity index (χ1) is 16.5. The van der Waals surface area contributed by atoms with Gasteiger partial charge in [0.15, 0.2) is 5.60 Å². The average Bonchev–Trinajstić information content (AvgIpc) is 3.30. The van der Waals surface area contributed by atoms with Gasteiger partial charge in [0.25, 0.3) is 0 Å². The van der Waals surface area contributed by atoms with Crippen molar-refractivity contribution in [1.82, 2.24) is 20.2 Å². The highest BCUT2D eigenvalue weighted by molar-refractivity contribution is 5.91. The molecular formula is C24H20F5N5O. The summed E-state index contributed by atoms with van der Waals surface area (Å²) < 4.78 is 73.0. The highest BCUT2D eigenvalue weighted by Gasteiger charge is 2.57. The first kappa shape index (κ1) is 25.7. The summed E-state index contributed by atoms with van der Waals surface area (Å²) in [5.74, 6) is -1.40. The zero-order valence-corrected chi connectivity index (χ0v) is 18.7. The zero-order valence-electron chi connectivity index (χ0n) is 18.7. The summed E-state index contributed by atoms with van der Waals surface area (Å²) in [6.07, 6.45) is 2.27. The number of allylic oxidation sites excluding steroid dienone is 1. The molecule has 0 bridgehead atoms. The third kappa shape index (κ3) is 5.96. The number of aromatic nitrogens is 4. The fraction of sp³-hybridized carbons (Fsp3) is 0.250. The standard InChI is InChI=1S/C24H20F5N5O/c1-16(5-3-6-18-7-4-8-19(25)11-18)13-30-17(2)24(28,29)23(35,14-34-15-31-32-33-34)21-10-9-20(26)12-22(21)27/h4,7-13,15,35H,6,14H2,1-2H3/b16-13+,30-17+. The molecule has 11 heteroatoms. The molecule has 182 valence electrons. The van der Waals surface area contributed by atoms with E-state index >= 15 is 8.78 Å². The van der Waals surface area contributed by atoms with Crippen LogP contribution in [0.1, 0.15) is 25.0 Å². The Labute approximate surface area is 197 Å². The summed E-state index contributed by atoms with van der Waals surface area (Å²) in [6, 6.07) is 7.75. The van der Waals surface area contributed by atoms with Crippen LogP contribution in [0, 0.1) is 29.3 Å². The average molecular weight is 489 g/mol. The van der Waals surface area contributed by atoms with Crippen LogP contribution < -0.4 is 0 Å². The summed E-state index contributed by atoms with van der Waals surface area (Å²) in [4.78, 5) is 3.73. The van der Waals surface area contributed by atoms with Gasteiger partial charge in [0.2, 0.25) is 0 Å². The predicted octanol–water partition coefficient (Wildman–Crippen LogP) is 4.22. The van der Waals surface area contributed by atoms with Gasteiger partial charge >= 0.3 is 5.92 Å². The molecular weight excluding hydrogens is 469 g/mol. The van der Waals surface area contributed by atoms with Crippen molar-refractivity contribution >= 4 is 5.71 Å². The predicted molar refractivity (Wildman–Crippen MR) is 118 cm³/mol. The molecule has 1 atom stereocenters. The Balaban J connectivity index is 1.91. The topological polar surface area (TPSA) is 76.2 Å². The van der Waals surface area contributed by atoms with Crippen LogP contribution in [0.5, 0.6) is 0 Å². The number of benzene rings is 2. The van der Waals surface area contributed by atoms with Crippen molar-refractivity contribution in [2.24, 2.45) is 4.99 Å². The van der Waals surface area contributed by atoms with E-state index in [9.17, 15) is 18.3 Å². The second-order valence-corrected chi connectivity index (χ2v) is 7.70. The largest absolute Gasteiger partial charge is 0.377 e. The molecule has 0 saturated carbocycles. The van der Waals surface area contributed by atoms with Crippen LogP contribution in [0.3, 0.4) is 0 Å². The third-order valence-electron chi connectivity index (χ3n) is 5.05. The first-order valence-corrected chi connectivity index (χ1v) is 10.2. The SMILES string of the molecule is C/C(C#CCc1cccc(F)c1)=C\N=C(/C)C(F)(F)C(O)(Cn1cnnn1)c1ccc(F)cc1F. The Morgan fingerprint density at radius 2 is 1.86 bits per heavy atom. The number of halogens is 5. The van der Waals surface area contributed by atoms with E-state index in [2.05, 4.69) is 32.4 Å². The quantitative estimate of drug-likeness (QED) is 0.306. The second-order valence-electron chi connectivity index (χ2n) is 7.70.